The van der Waals surface area contributed by atoms with Crippen LogP contribution in [0.5, 0.6) is 0 Å². The van der Waals surface area contributed by atoms with Crippen molar-refractivity contribution in [3.63, 3.8) is 0 Å². The molecule has 4 nitrogen and oxygen atoms in total. The highest BCUT2D eigenvalue weighted by Gasteiger charge is 2.32. The third-order valence-corrected chi connectivity index (χ3v) is 4.54. The summed E-state index contributed by atoms with van der Waals surface area (Å²) in [6, 6.07) is 7.70. The lowest BCUT2D eigenvalue weighted by Gasteiger charge is -2.45. The number of rotatable bonds is 3. The Hall–Kier alpha value is -1.65. The van der Waals surface area contributed by atoms with Crippen LogP contribution in [0.25, 0.3) is 11.0 Å². The molecule has 0 atom stereocenters. The summed E-state index contributed by atoms with van der Waals surface area (Å²) in [6.07, 6.45) is 1.59. The predicted molar refractivity (Wildman–Crippen MR) is 83.7 cm³/mol. The van der Waals surface area contributed by atoms with Gasteiger partial charge in [-0.05, 0) is 27.0 Å². The zero-order valence-electron chi connectivity index (χ0n) is 12.9. The SMILES string of the molecule is CN1CCN(CC(=O)c2coc3ccccc23)CC1(C)C. The lowest BCUT2D eigenvalue weighted by molar-refractivity contribution is 0.0390. The molecule has 1 aromatic heterocycles. The molecule has 4 heteroatoms. The predicted octanol–water partition coefficient (Wildman–Crippen LogP) is 2.64. The Balaban J connectivity index is 1.75. The average molecular weight is 286 g/mol. The molecule has 1 aliphatic heterocycles. The largest absolute Gasteiger partial charge is 0.464 e. The standard InChI is InChI=1S/C17H22N2O2/c1-17(2)12-19(9-8-18(17)3)10-15(20)14-11-21-16-7-5-4-6-13(14)16/h4-7,11H,8-10,12H2,1-3H3. The Kier molecular flexibility index (Phi) is 3.59. The van der Waals surface area contributed by atoms with Crippen molar-refractivity contribution < 1.29 is 9.21 Å². The van der Waals surface area contributed by atoms with Crippen molar-refractivity contribution in [1.82, 2.24) is 9.80 Å². The Labute approximate surface area is 125 Å². The molecule has 1 aromatic carbocycles. The molecule has 0 saturated carbocycles. The van der Waals surface area contributed by atoms with Gasteiger partial charge in [0.25, 0.3) is 0 Å². The molecular formula is C17H22N2O2. The fourth-order valence-electron chi connectivity index (χ4n) is 2.96. The van der Waals surface area contributed by atoms with E-state index in [1.807, 2.05) is 24.3 Å². The zero-order valence-corrected chi connectivity index (χ0v) is 12.9. The van der Waals surface area contributed by atoms with Crippen LogP contribution < -0.4 is 0 Å². The van der Waals surface area contributed by atoms with Crippen LogP contribution in [0, 0.1) is 0 Å². The fraction of sp³-hybridized carbons (Fsp3) is 0.471. The minimum Gasteiger partial charge on any atom is -0.464 e. The summed E-state index contributed by atoms with van der Waals surface area (Å²) in [6.45, 7) is 7.73. The number of furan rings is 1. The Morgan fingerprint density at radius 2 is 2.05 bits per heavy atom. The molecule has 1 fully saturated rings. The molecule has 21 heavy (non-hydrogen) atoms. The van der Waals surface area contributed by atoms with Gasteiger partial charge in [-0.1, -0.05) is 18.2 Å². The van der Waals surface area contributed by atoms with Gasteiger partial charge >= 0.3 is 0 Å². The second-order valence-electron chi connectivity index (χ2n) is 6.51. The van der Waals surface area contributed by atoms with E-state index in [-0.39, 0.29) is 11.3 Å². The molecule has 0 aliphatic carbocycles. The summed E-state index contributed by atoms with van der Waals surface area (Å²) in [5.41, 5.74) is 1.58. The van der Waals surface area contributed by atoms with Crippen molar-refractivity contribution in [2.45, 2.75) is 19.4 Å². The summed E-state index contributed by atoms with van der Waals surface area (Å²) < 4.78 is 5.47. The Morgan fingerprint density at radius 1 is 1.29 bits per heavy atom. The molecular weight excluding hydrogens is 264 g/mol. The number of carbonyl (C=O) groups is 1. The van der Waals surface area contributed by atoms with Crippen molar-refractivity contribution in [1.29, 1.82) is 0 Å². The first-order valence-electron chi connectivity index (χ1n) is 7.40. The second kappa shape index (κ2) is 5.28. The van der Waals surface area contributed by atoms with E-state index >= 15 is 0 Å². The molecule has 0 bridgehead atoms. The fourth-order valence-corrected chi connectivity index (χ4v) is 2.96. The van der Waals surface area contributed by atoms with Gasteiger partial charge in [0.1, 0.15) is 11.8 Å². The number of para-hydroxylation sites is 1. The van der Waals surface area contributed by atoms with Gasteiger partial charge in [-0.2, -0.15) is 0 Å². The van der Waals surface area contributed by atoms with E-state index < -0.39 is 0 Å². The first-order valence-corrected chi connectivity index (χ1v) is 7.40. The third kappa shape index (κ3) is 2.74. The smallest absolute Gasteiger partial charge is 0.180 e. The maximum atomic E-state index is 12.6. The van der Waals surface area contributed by atoms with Gasteiger partial charge in [-0.3, -0.25) is 14.6 Å². The summed E-state index contributed by atoms with van der Waals surface area (Å²) in [7, 11) is 2.14. The first-order chi connectivity index (χ1) is 9.97. The van der Waals surface area contributed by atoms with Crippen molar-refractivity contribution in [3.05, 3.63) is 36.1 Å². The summed E-state index contributed by atoms with van der Waals surface area (Å²) in [5, 5.41) is 0.913. The number of Topliss-reactive ketones (excluding diaryl/α,β-unsaturated/α-hetero) is 1. The summed E-state index contributed by atoms with van der Waals surface area (Å²) >= 11 is 0. The van der Waals surface area contributed by atoms with Crippen LogP contribution in [0.3, 0.4) is 0 Å². The molecule has 2 heterocycles. The van der Waals surface area contributed by atoms with Crippen molar-refractivity contribution >= 4 is 16.8 Å². The van der Waals surface area contributed by atoms with Crippen LogP contribution in [-0.4, -0.2) is 54.3 Å². The van der Waals surface area contributed by atoms with E-state index in [1.165, 1.54) is 0 Å². The van der Waals surface area contributed by atoms with Crippen LogP contribution >= 0.6 is 0 Å². The van der Waals surface area contributed by atoms with Gasteiger partial charge in [0, 0.05) is 30.6 Å². The molecule has 0 unspecified atom stereocenters. The Bertz CT molecular complexity index is 660. The zero-order chi connectivity index (χ0) is 15.0. The third-order valence-electron chi connectivity index (χ3n) is 4.54. The molecule has 0 radical (unpaired) electrons. The molecule has 0 N–H and O–H groups in total. The van der Waals surface area contributed by atoms with E-state index in [9.17, 15) is 4.79 Å². The van der Waals surface area contributed by atoms with Crippen LogP contribution in [0.1, 0.15) is 24.2 Å². The number of carbonyl (C=O) groups excluding carboxylic acids is 1. The lowest BCUT2D eigenvalue weighted by Crippen LogP contribution is -2.58. The number of nitrogens with zero attached hydrogens (tertiary/aromatic N) is 2. The normalized spacial score (nSPS) is 20.0. The summed E-state index contributed by atoms with van der Waals surface area (Å²) in [5.74, 6) is 0.139. The van der Waals surface area contributed by atoms with Crippen LogP contribution in [0.4, 0.5) is 0 Å². The minimum absolute atomic E-state index is 0.108. The van der Waals surface area contributed by atoms with Gasteiger partial charge in [0.05, 0.1) is 12.1 Å². The number of hydrogen-bond acceptors (Lipinski definition) is 4. The van der Waals surface area contributed by atoms with Gasteiger partial charge < -0.3 is 4.42 Å². The van der Waals surface area contributed by atoms with E-state index in [4.69, 9.17) is 4.42 Å². The monoisotopic (exact) mass is 286 g/mol. The number of ketones is 1. The number of piperazine rings is 1. The van der Waals surface area contributed by atoms with E-state index in [0.717, 1.165) is 30.6 Å². The quantitative estimate of drug-likeness (QED) is 0.813. The lowest BCUT2D eigenvalue weighted by atomic mass is 9.99. The maximum absolute atomic E-state index is 12.6. The molecule has 0 spiro atoms. The van der Waals surface area contributed by atoms with Gasteiger partial charge in [0.15, 0.2) is 5.78 Å². The first kappa shape index (κ1) is 14.3. The van der Waals surface area contributed by atoms with Crippen LogP contribution in [0.15, 0.2) is 34.9 Å². The van der Waals surface area contributed by atoms with E-state index in [1.54, 1.807) is 6.26 Å². The number of likely N-dealkylation sites (N-methyl/N-ethyl adjacent to an activating group) is 1. The van der Waals surface area contributed by atoms with Gasteiger partial charge in [-0.25, -0.2) is 0 Å². The topological polar surface area (TPSA) is 36.7 Å². The molecule has 2 aromatic rings. The highest BCUT2D eigenvalue weighted by atomic mass is 16.3. The van der Waals surface area contributed by atoms with Crippen molar-refractivity contribution in [3.8, 4) is 0 Å². The van der Waals surface area contributed by atoms with Crippen molar-refractivity contribution in [2.24, 2.45) is 0 Å². The van der Waals surface area contributed by atoms with E-state index in [2.05, 4.69) is 30.7 Å². The van der Waals surface area contributed by atoms with Crippen molar-refractivity contribution in [2.75, 3.05) is 33.2 Å². The Morgan fingerprint density at radius 3 is 2.81 bits per heavy atom. The van der Waals surface area contributed by atoms with Gasteiger partial charge in [-0.15, -0.1) is 0 Å². The maximum Gasteiger partial charge on any atom is 0.180 e. The molecule has 0 amide bonds. The van der Waals surface area contributed by atoms with Crippen LogP contribution in [-0.2, 0) is 0 Å². The molecule has 3 rings (SSSR count). The summed E-state index contributed by atoms with van der Waals surface area (Å²) in [4.78, 5) is 17.2. The minimum atomic E-state index is 0.108. The average Bonchev–Trinajstić information content (AvgIpc) is 2.86. The van der Waals surface area contributed by atoms with Crippen LogP contribution in [0.2, 0.25) is 0 Å². The molecule has 1 saturated heterocycles. The number of benzene rings is 1. The second-order valence-corrected chi connectivity index (χ2v) is 6.51. The van der Waals surface area contributed by atoms with E-state index in [0.29, 0.717) is 12.1 Å². The van der Waals surface area contributed by atoms with Gasteiger partial charge in [0.2, 0.25) is 0 Å². The molecule has 1 aliphatic rings. The highest BCUT2D eigenvalue weighted by Crippen LogP contribution is 2.23. The highest BCUT2D eigenvalue weighted by molar-refractivity contribution is 6.08. The molecule has 112 valence electrons. The number of hydrogen-bond donors (Lipinski definition) is 0. The number of fused-ring (bicyclic) bond motifs is 1.